The number of nitrogens with zero attached hydrogens (tertiary/aromatic N) is 4. The van der Waals surface area contributed by atoms with Crippen LogP contribution in [0.4, 0.5) is 0 Å². The number of benzene rings is 2. The number of ketones is 1. The number of hydrogen-bond donors (Lipinski definition) is 1. The number of Topliss-reactive ketones (excluding diaryl/α,β-unsaturated/α-hetero) is 1. The summed E-state index contributed by atoms with van der Waals surface area (Å²) in [4.78, 5) is 19.5. The lowest BCUT2D eigenvalue weighted by molar-refractivity contribution is -0.124. The zero-order chi connectivity index (χ0) is 26.5. The summed E-state index contributed by atoms with van der Waals surface area (Å²) >= 11 is 0. The molecule has 0 amide bonds. The van der Waals surface area contributed by atoms with Crippen molar-refractivity contribution in [2.24, 2.45) is 5.92 Å². The Bertz CT molecular complexity index is 1300. The van der Waals surface area contributed by atoms with E-state index in [0.29, 0.717) is 35.0 Å². The first kappa shape index (κ1) is 29.3. The Labute approximate surface area is 230 Å². The van der Waals surface area contributed by atoms with E-state index in [1.165, 1.54) is 11.1 Å². The second-order valence-electron chi connectivity index (χ2n) is 10.1. The van der Waals surface area contributed by atoms with Crippen molar-refractivity contribution in [3.8, 4) is 34.7 Å². The van der Waals surface area contributed by atoms with E-state index in [1.807, 2.05) is 39.8 Å². The molecule has 2 aromatic carbocycles. The molecule has 202 valence electrons. The highest BCUT2D eigenvalue weighted by atomic mass is 35.5. The van der Waals surface area contributed by atoms with E-state index in [0.717, 1.165) is 31.5 Å². The molecular weight excluding hydrogens is 504 g/mol. The van der Waals surface area contributed by atoms with Crippen LogP contribution in [0.1, 0.15) is 50.8 Å². The largest absolute Gasteiger partial charge is 0.490 e. The number of rotatable bonds is 9. The average Bonchev–Trinajstić information content (AvgIpc) is 3.29. The number of aliphatic hydroxyl groups excluding tert-OH is 1. The van der Waals surface area contributed by atoms with Gasteiger partial charge in [-0.15, -0.1) is 12.4 Å². The lowest BCUT2D eigenvalue weighted by Gasteiger charge is -2.27. The minimum Gasteiger partial charge on any atom is -0.490 e. The fourth-order valence-electron chi connectivity index (χ4n) is 4.62. The molecule has 2 atom stereocenters. The number of carbonyl (C=O) groups is 1. The molecular formula is C29H35ClN4O4. The summed E-state index contributed by atoms with van der Waals surface area (Å²) in [5, 5.41) is 23.0. The maximum atomic E-state index is 12.7. The second kappa shape index (κ2) is 13.0. The number of halogens is 1. The predicted octanol–water partition coefficient (Wildman–Crippen LogP) is 4.86. The van der Waals surface area contributed by atoms with Crippen molar-refractivity contribution in [2.45, 2.75) is 59.1 Å². The fourth-order valence-corrected chi connectivity index (χ4v) is 4.62. The molecule has 2 heterocycles. The van der Waals surface area contributed by atoms with Gasteiger partial charge < -0.3 is 14.4 Å². The van der Waals surface area contributed by atoms with E-state index in [4.69, 9.17) is 9.26 Å². The molecule has 1 aliphatic rings. The lowest BCUT2D eigenvalue weighted by atomic mass is 10.00. The quantitative estimate of drug-likeness (QED) is 0.411. The second-order valence-corrected chi connectivity index (χ2v) is 10.1. The Kier molecular flexibility index (Phi) is 10.0. The SMILES string of the molecule is CC(C)Oc1ccc(-c2nc(-c3ccc4c(c3)CCN(C(C)C(=O)C[C@H](C)CO)CC4)no2)cc1C#N.Cl. The summed E-state index contributed by atoms with van der Waals surface area (Å²) in [6.07, 6.45) is 2.05. The summed E-state index contributed by atoms with van der Waals surface area (Å²) in [7, 11) is 0. The monoisotopic (exact) mass is 538 g/mol. The van der Waals surface area contributed by atoms with Gasteiger partial charge in [0.15, 0.2) is 0 Å². The predicted molar refractivity (Wildman–Crippen MR) is 147 cm³/mol. The van der Waals surface area contributed by atoms with E-state index in [9.17, 15) is 15.2 Å². The fraction of sp³-hybridized carbons (Fsp3) is 0.448. The average molecular weight is 539 g/mol. The number of aromatic nitrogens is 2. The minimum absolute atomic E-state index is 0. The lowest BCUT2D eigenvalue weighted by Crippen LogP contribution is -2.41. The van der Waals surface area contributed by atoms with E-state index in [1.54, 1.807) is 12.1 Å². The smallest absolute Gasteiger partial charge is 0.258 e. The normalized spacial score (nSPS) is 15.1. The van der Waals surface area contributed by atoms with Crippen molar-refractivity contribution in [1.82, 2.24) is 15.0 Å². The maximum Gasteiger partial charge on any atom is 0.258 e. The Morgan fingerprint density at radius 2 is 1.82 bits per heavy atom. The van der Waals surface area contributed by atoms with Crippen molar-refractivity contribution in [2.75, 3.05) is 19.7 Å². The van der Waals surface area contributed by atoms with Crippen LogP contribution in [0.3, 0.4) is 0 Å². The highest BCUT2D eigenvalue weighted by Gasteiger charge is 2.25. The Hall–Kier alpha value is -3.25. The molecule has 1 N–H and O–H groups in total. The molecule has 1 aliphatic heterocycles. The van der Waals surface area contributed by atoms with E-state index < -0.39 is 0 Å². The third-order valence-electron chi connectivity index (χ3n) is 6.81. The van der Waals surface area contributed by atoms with Crippen molar-refractivity contribution >= 4 is 18.2 Å². The molecule has 9 heteroatoms. The van der Waals surface area contributed by atoms with Crippen molar-refractivity contribution in [3.63, 3.8) is 0 Å². The maximum absolute atomic E-state index is 12.7. The third kappa shape index (κ3) is 6.79. The Morgan fingerprint density at radius 1 is 1.11 bits per heavy atom. The topological polar surface area (TPSA) is 112 Å². The van der Waals surface area contributed by atoms with Crippen LogP contribution in [0.15, 0.2) is 40.9 Å². The molecule has 0 spiro atoms. The first-order valence-corrected chi connectivity index (χ1v) is 12.8. The van der Waals surface area contributed by atoms with Gasteiger partial charge in [-0.05, 0) is 74.9 Å². The first-order valence-electron chi connectivity index (χ1n) is 12.8. The van der Waals surface area contributed by atoms with Gasteiger partial charge >= 0.3 is 0 Å². The summed E-state index contributed by atoms with van der Waals surface area (Å²) in [5.41, 5.74) is 4.42. The molecule has 0 bridgehead atoms. The van der Waals surface area contributed by atoms with Crippen LogP contribution in [0.5, 0.6) is 5.75 Å². The van der Waals surface area contributed by atoms with Crippen LogP contribution >= 0.6 is 12.4 Å². The van der Waals surface area contributed by atoms with Gasteiger partial charge in [-0.2, -0.15) is 10.2 Å². The van der Waals surface area contributed by atoms with Crippen LogP contribution < -0.4 is 4.74 Å². The summed E-state index contributed by atoms with van der Waals surface area (Å²) in [6, 6.07) is 13.5. The molecule has 4 rings (SSSR count). The van der Waals surface area contributed by atoms with Gasteiger partial charge in [0.1, 0.15) is 17.6 Å². The van der Waals surface area contributed by atoms with Crippen LogP contribution in [0.2, 0.25) is 0 Å². The van der Waals surface area contributed by atoms with Crippen LogP contribution in [-0.4, -0.2) is 57.8 Å². The molecule has 0 fully saturated rings. The molecule has 3 aromatic rings. The van der Waals surface area contributed by atoms with Crippen molar-refractivity contribution in [3.05, 3.63) is 53.1 Å². The van der Waals surface area contributed by atoms with Gasteiger partial charge in [-0.1, -0.05) is 24.2 Å². The van der Waals surface area contributed by atoms with Gasteiger partial charge in [-0.25, -0.2) is 0 Å². The zero-order valence-electron chi connectivity index (χ0n) is 22.3. The first-order chi connectivity index (χ1) is 17.8. The van der Waals surface area contributed by atoms with E-state index >= 15 is 0 Å². The highest BCUT2D eigenvalue weighted by Crippen LogP contribution is 2.29. The molecule has 0 radical (unpaired) electrons. The molecule has 1 aromatic heterocycles. The van der Waals surface area contributed by atoms with Crippen LogP contribution in [-0.2, 0) is 17.6 Å². The number of hydrogen-bond acceptors (Lipinski definition) is 8. The highest BCUT2D eigenvalue weighted by molar-refractivity contribution is 5.85. The van der Waals surface area contributed by atoms with E-state index in [-0.39, 0.29) is 42.9 Å². The Balaban J connectivity index is 0.00000400. The molecule has 0 saturated heterocycles. The van der Waals surface area contributed by atoms with E-state index in [2.05, 4.69) is 33.2 Å². The number of ether oxygens (including phenoxy) is 1. The number of carbonyl (C=O) groups excluding carboxylic acids is 1. The summed E-state index contributed by atoms with van der Waals surface area (Å²) in [6.45, 7) is 9.32. The summed E-state index contributed by atoms with van der Waals surface area (Å²) in [5.74, 6) is 1.52. The molecule has 0 aliphatic carbocycles. The minimum atomic E-state index is -0.168. The molecule has 38 heavy (non-hydrogen) atoms. The third-order valence-corrected chi connectivity index (χ3v) is 6.81. The standard InChI is InChI=1S/C29H34N4O4.ClH/c1-18(2)36-27-8-7-24(15-25(27)16-30)29-31-28(32-37-29)23-6-5-21-9-11-33(12-10-22(21)14-23)20(4)26(35)13-19(3)17-34;/h5-8,14-15,18-20,34H,9-13,17H2,1-4H3;1H/t19-,20?;/m0./s1. The Morgan fingerprint density at radius 3 is 2.50 bits per heavy atom. The van der Waals surface area contributed by atoms with Crippen molar-refractivity contribution in [1.29, 1.82) is 5.26 Å². The van der Waals surface area contributed by atoms with Gasteiger partial charge in [0.25, 0.3) is 5.89 Å². The van der Waals surface area contributed by atoms with Gasteiger partial charge in [0, 0.05) is 37.2 Å². The number of fused-ring (bicyclic) bond motifs is 1. The summed E-state index contributed by atoms with van der Waals surface area (Å²) < 4.78 is 11.2. The van der Waals surface area contributed by atoms with Gasteiger partial charge in [-0.3, -0.25) is 9.69 Å². The number of nitriles is 1. The molecule has 1 unspecified atom stereocenters. The zero-order valence-corrected chi connectivity index (χ0v) is 23.1. The molecule has 0 saturated carbocycles. The number of aliphatic hydroxyl groups is 1. The van der Waals surface area contributed by atoms with Crippen LogP contribution in [0.25, 0.3) is 22.8 Å². The molecule has 8 nitrogen and oxygen atoms in total. The van der Waals surface area contributed by atoms with Gasteiger partial charge in [0.2, 0.25) is 5.82 Å². The van der Waals surface area contributed by atoms with Crippen molar-refractivity contribution < 1.29 is 19.2 Å². The van der Waals surface area contributed by atoms with Crippen LogP contribution in [0, 0.1) is 17.2 Å². The van der Waals surface area contributed by atoms with Gasteiger partial charge in [0.05, 0.1) is 17.7 Å².